The van der Waals surface area contributed by atoms with Gasteiger partial charge in [0.25, 0.3) is 0 Å². The second kappa shape index (κ2) is 13.2. The highest BCUT2D eigenvalue weighted by molar-refractivity contribution is 7.80. The number of hydrogen-bond donors (Lipinski definition) is 3. The van der Waals surface area contributed by atoms with Crippen LogP contribution >= 0.6 is 70.2 Å². The minimum absolute atomic E-state index is 0.103. The summed E-state index contributed by atoms with van der Waals surface area (Å²) in [6, 6.07) is 5.03. The molecule has 4 nitrogen and oxygen atoms in total. The van der Waals surface area contributed by atoms with Crippen LogP contribution in [0, 0.1) is 0 Å². The molecule has 1 atom stereocenters. The first kappa shape index (κ1) is 25.9. The molecule has 1 amide bonds. The quantitative estimate of drug-likeness (QED) is 0.140. The molecule has 0 saturated heterocycles. The van der Waals surface area contributed by atoms with Crippen LogP contribution in [0.15, 0.2) is 18.2 Å². The van der Waals surface area contributed by atoms with Crippen molar-refractivity contribution in [3.05, 3.63) is 28.2 Å². The van der Waals surface area contributed by atoms with Gasteiger partial charge in [-0.3, -0.25) is 4.79 Å². The predicted molar refractivity (Wildman–Crippen MR) is 126 cm³/mol. The number of nitrogens with one attached hydrogen (secondary N) is 3. The van der Waals surface area contributed by atoms with Crippen molar-refractivity contribution in [3.63, 3.8) is 0 Å². The van der Waals surface area contributed by atoms with Gasteiger partial charge in [-0.25, -0.2) is 0 Å². The van der Waals surface area contributed by atoms with E-state index >= 15 is 0 Å². The maximum atomic E-state index is 12.2. The van der Waals surface area contributed by atoms with Gasteiger partial charge in [-0.05, 0) is 30.8 Å². The van der Waals surface area contributed by atoms with Crippen LogP contribution < -0.4 is 16.0 Å². The number of carbonyl (C=O) groups is 1. The van der Waals surface area contributed by atoms with Gasteiger partial charge in [-0.2, -0.15) is 0 Å². The first-order chi connectivity index (χ1) is 13.1. The molecule has 1 aromatic rings. The van der Waals surface area contributed by atoms with E-state index in [1.807, 2.05) is 0 Å². The molecule has 0 bridgehead atoms. The Bertz CT molecular complexity index is 634. The zero-order valence-corrected chi connectivity index (χ0v) is 20.1. The fourth-order valence-corrected chi connectivity index (χ4v) is 3.44. The SMILES string of the molecule is CCCCCCCCC(=O)N[C@H](NC(=S)Nc1c(Cl)cccc1Cl)C(Cl)(Cl)Cl. The van der Waals surface area contributed by atoms with Crippen molar-refractivity contribution >= 4 is 86.9 Å². The highest BCUT2D eigenvalue weighted by Gasteiger charge is 2.34. The molecule has 0 aliphatic rings. The second-order valence-corrected chi connectivity index (χ2v) is 9.85. The molecule has 1 rings (SSSR count). The molecule has 0 spiro atoms. The number of hydrogen-bond acceptors (Lipinski definition) is 2. The number of rotatable bonds is 10. The maximum Gasteiger partial charge on any atom is 0.228 e. The van der Waals surface area contributed by atoms with Gasteiger partial charge < -0.3 is 16.0 Å². The molecule has 0 aliphatic carbocycles. The van der Waals surface area contributed by atoms with E-state index in [4.69, 9.17) is 70.2 Å². The lowest BCUT2D eigenvalue weighted by Crippen LogP contribution is -2.56. The number of halogens is 5. The number of thiocarbonyl (C=S) groups is 1. The summed E-state index contributed by atoms with van der Waals surface area (Å²) in [5.74, 6) is -0.224. The molecule has 0 heterocycles. The minimum atomic E-state index is -1.81. The van der Waals surface area contributed by atoms with Crippen molar-refractivity contribution in [2.75, 3.05) is 5.32 Å². The number of amides is 1. The van der Waals surface area contributed by atoms with E-state index in [0.29, 0.717) is 22.2 Å². The van der Waals surface area contributed by atoms with Gasteiger partial charge in [-0.15, -0.1) is 0 Å². The Hall–Kier alpha value is -0.170. The summed E-state index contributed by atoms with van der Waals surface area (Å²) in [6.07, 6.45) is 5.79. The molecule has 28 heavy (non-hydrogen) atoms. The summed E-state index contributed by atoms with van der Waals surface area (Å²) in [7, 11) is 0. The van der Waals surface area contributed by atoms with E-state index < -0.39 is 9.96 Å². The molecule has 158 valence electrons. The van der Waals surface area contributed by atoms with Gasteiger partial charge in [0.1, 0.15) is 6.17 Å². The third kappa shape index (κ3) is 10.0. The Morgan fingerprint density at radius 1 is 1.04 bits per heavy atom. The largest absolute Gasteiger partial charge is 0.339 e. The summed E-state index contributed by atoms with van der Waals surface area (Å²) in [6.45, 7) is 2.16. The average molecular weight is 508 g/mol. The molecule has 0 aliphatic heterocycles. The molecule has 1 aromatic carbocycles. The first-order valence-corrected chi connectivity index (χ1v) is 11.3. The third-order valence-corrected chi connectivity index (χ3v) is 5.37. The van der Waals surface area contributed by atoms with Crippen LogP contribution in [0.2, 0.25) is 10.0 Å². The van der Waals surface area contributed by atoms with Crippen LogP contribution in [0.25, 0.3) is 0 Å². The summed E-state index contributed by atoms with van der Waals surface area (Å²) in [5, 5.41) is 9.18. The highest BCUT2D eigenvalue weighted by Crippen LogP contribution is 2.31. The number of carbonyl (C=O) groups excluding carboxylic acids is 1. The topological polar surface area (TPSA) is 53.2 Å². The van der Waals surface area contributed by atoms with Gasteiger partial charge in [0.2, 0.25) is 9.70 Å². The summed E-state index contributed by atoms with van der Waals surface area (Å²) >= 11 is 35.4. The van der Waals surface area contributed by atoms with Crippen molar-refractivity contribution in [1.82, 2.24) is 10.6 Å². The Labute approximate surface area is 196 Å². The Balaban J connectivity index is 2.56. The monoisotopic (exact) mass is 505 g/mol. The van der Waals surface area contributed by atoms with E-state index in [2.05, 4.69) is 22.9 Å². The van der Waals surface area contributed by atoms with Crippen LogP contribution in [-0.2, 0) is 4.79 Å². The lowest BCUT2D eigenvalue weighted by molar-refractivity contribution is -0.122. The smallest absolute Gasteiger partial charge is 0.228 e. The average Bonchev–Trinajstić information content (AvgIpc) is 2.60. The van der Waals surface area contributed by atoms with Gasteiger partial charge in [0.15, 0.2) is 5.11 Å². The molecule has 0 fully saturated rings. The molecular weight excluding hydrogens is 484 g/mol. The van der Waals surface area contributed by atoms with Crippen molar-refractivity contribution in [1.29, 1.82) is 0 Å². The third-order valence-electron chi connectivity index (χ3n) is 3.87. The summed E-state index contributed by atoms with van der Waals surface area (Å²) in [5.41, 5.74) is 0.421. The van der Waals surface area contributed by atoms with Gasteiger partial charge in [-0.1, -0.05) is 103 Å². The number of anilines is 1. The van der Waals surface area contributed by atoms with Crippen LogP contribution in [0.3, 0.4) is 0 Å². The maximum absolute atomic E-state index is 12.2. The normalized spacial score (nSPS) is 12.4. The van der Waals surface area contributed by atoms with Gasteiger partial charge in [0, 0.05) is 6.42 Å². The van der Waals surface area contributed by atoms with E-state index in [1.165, 1.54) is 19.3 Å². The summed E-state index contributed by atoms with van der Waals surface area (Å²) in [4.78, 5) is 12.2. The zero-order valence-electron chi connectivity index (χ0n) is 15.5. The Kier molecular flexibility index (Phi) is 12.2. The molecule has 3 N–H and O–H groups in total. The Morgan fingerprint density at radius 3 is 2.18 bits per heavy atom. The van der Waals surface area contributed by atoms with Gasteiger partial charge in [0.05, 0.1) is 15.7 Å². The summed E-state index contributed by atoms with van der Waals surface area (Å²) < 4.78 is -1.81. The molecule has 10 heteroatoms. The van der Waals surface area contributed by atoms with Crippen LogP contribution in [0.4, 0.5) is 5.69 Å². The second-order valence-electron chi connectivity index (χ2n) is 6.26. The van der Waals surface area contributed by atoms with Crippen LogP contribution in [0.5, 0.6) is 0 Å². The number of unbranched alkanes of at least 4 members (excludes halogenated alkanes) is 5. The van der Waals surface area contributed by atoms with E-state index in [9.17, 15) is 4.79 Å². The molecule has 0 saturated carbocycles. The fraction of sp³-hybridized carbons (Fsp3) is 0.556. The first-order valence-electron chi connectivity index (χ1n) is 9.02. The van der Waals surface area contributed by atoms with Crippen molar-refractivity contribution < 1.29 is 4.79 Å². The zero-order chi connectivity index (χ0) is 21.2. The predicted octanol–water partition coefficient (Wildman–Crippen LogP) is 6.84. The Morgan fingerprint density at radius 2 is 1.61 bits per heavy atom. The minimum Gasteiger partial charge on any atom is -0.339 e. The van der Waals surface area contributed by atoms with E-state index in [1.54, 1.807) is 18.2 Å². The van der Waals surface area contributed by atoms with Crippen LogP contribution in [0.1, 0.15) is 51.9 Å². The van der Waals surface area contributed by atoms with Crippen molar-refractivity contribution in [2.24, 2.45) is 0 Å². The lowest BCUT2D eigenvalue weighted by atomic mass is 10.1. The standard InChI is InChI=1S/C18H24Cl5N3OS/c1-2-3-4-5-6-7-11-14(27)24-16(18(21,22)23)26-17(28)25-15-12(19)9-8-10-13(15)20/h8-10,16H,2-7,11H2,1H3,(H,24,27)(H2,25,26,28)/t16-/m1/s1. The molecule has 0 unspecified atom stereocenters. The molecule has 0 radical (unpaired) electrons. The fourth-order valence-electron chi connectivity index (χ4n) is 2.40. The van der Waals surface area contributed by atoms with Crippen molar-refractivity contribution in [2.45, 2.75) is 61.8 Å². The van der Waals surface area contributed by atoms with Gasteiger partial charge >= 0.3 is 0 Å². The highest BCUT2D eigenvalue weighted by atomic mass is 35.6. The van der Waals surface area contributed by atoms with Crippen molar-refractivity contribution in [3.8, 4) is 0 Å². The molecule has 0 aromatic heterocycles. The lowest BCUT2D eigenvalue weighted by Gasteiger charge is -2.28. The molecular formula is C18H24Cl5N3OS. The number of alkyl halides is 3. The van der Waals surface area contributed by atoms with Crippen LogP contribution in [-0.4, -0.2) is 21.0 Å². The number of benzene rings is 1. The van der Waals surface area contributed by atoms with E-state index in [0.717, 1.165) is 19.3 Å². The van der Waals surface area contributed by atoms with E-state index in [-0.39, 0.29) is 11.0 Å². The number of para-hydroxylation sites is 1.